The third kappa shape index (κ3) is 6.27. The number of phenolic OH excluding ortho intramolecular Hbond substituents is 1. The van der Waals surface area contributed by atoms with Crippen LogP contribution in [0.5, 0.6) is 5.75 Å². The Hall–Kier alpha value is -4.34. The summed E-state index contributed by atoms with van der Waals surface area (Å²) in [5.41, 5.74) is 5.03. The normalized spacial score (nSPS) is 11.9. The van der Waals surface area contributed by atoms with Gasteiger partial charge in [-0.3, -0.25) is 0 Å². The molecule has 0 aliphatic carbocycles. The highest BCUT2D eigenvalue weighted by Gasteiger charge is 2.20. The van der Waals surface area contributed by atoms with Crippen LogP contribution in [0.1, 0.15) is 16.7 Å². The molecule has 5 aromatic rings. The molecule has 1 heterocycles. The molecule has 0 fully saturated rings. The molecule has 0 spiro atoms. The Balaban J connectivity index is 1.48. The lowest BCUT2D eigenvalue weighted by Gasteiger charge is -2.10. The lowest BCUT2D eigenvalue weighted by molar-refractivity contribution is 0.466. The van der Waals surface area contributed by atoms with Crippen molar-refractivity contribution in [3.63, 3.8) is 0 Å². The molecule has 0 bridgehead atoms. The van der Waals surface area contributed by atoms with Gasteiger partial charge in [0.25, 0.3) is 15.2 Å². The van der Waals surface area contributed by atoms with Gasteiger partial charge in [0.15, 0.2) is 5.76 Å². The molecule has 0 amide bonds. The molecule has 9 heteroatoms. The average Bonchev–Trinajstić information content (AvgIpc) is 3.39. The van der Waals surface area contributed by atoms with Gasteiger partial charge in [-0.2, -0.15) is 18.4 Å². The van der Waals surface area contributed by atoms with Gasteiger partial charge in [-0.1, -0.05) is 96.2 Å². The number of nitrogens with zero attached hydrogens (tertiary/aromatic N) is 2. The first kappa shape index (κ1) is 27.2. The lowest BCUT2D eigenvalue weighted by atomic mass is 10.1. The fourth-order valence-corrected chi connectivity index (χ4v) is 5.62. The molecule has 40 heavy (non-hydrogen) atoms. The van der Waals surface area contributed by atoms with Crippen molar-refractivity contribution >= 4 is 27.5 Å². The minimum absolute atomic E-state index is 0.00348. The fraction of sp³-hybridized carbons (Fsp3) is 0.0968. The maximum Gasteiger partial charge on any atom is 0.276 e. The molecule has 0 saturated carbocycles. The van der Waals surface area contributed by atoms with Crippen molar-refractivity contribution in [2.45, 2.75) is 24.0 Å². The largest absolute Gasteiger partial charge is 0.507 e. The van der Waals surface area contributed by atoms with Crippen LogP contribution >= 0.6 is 11.8 Å². The molecular weight excluding hydrogens is 542 g/mol. The van der Waals surface area contributed by atoms with E-state index in [2.05, 4.69) is 9.93 Å². The van der Waals surface area contributed by atoms with Gasteiger partial charge in [0.2, 0.25) is 0 Å². The molecule has 2 N–H and O–H groups in total. The van der Waals surface area contributed by atoms with E-state index in [1.54, 1.807) is 24.3 Å². The Morgan fingerprint density at radius 3 is 2.15 bits per heavy atom. The molecule has 0 aliphatic heterocycles. The molecule has 0 radical (unpaired) electrons. The Labute approximate surface area is 237 Å². The lowest BCUT2D eigenvalue weighted by Crippen LogP contribution is -2.21. The number of phenols is 1. The van der Waals surface area contributed by atoms with E-state index in [-0.39, 0.29) is 16.4 Å². The van der Waals surface area contributed by atoms with E-state index in [0.717, 1.165) is 22.3 Å². The molecule has 4 aromatic carbocycles. The first-order valence-electron chi connectivity index (χ1n) is 12.5. The van der Waals surface area contributed by atoms with Crippen LogP contribution in [-0.2, 0) is 10.0 Å². The number of aromatic nitrogens is 1. The number of benzene rings is 4. The van der Waals surface area contributed by atoms with Crippen molar-refractivity contribution in [2.75, 3.05) is 5.75 Å². The van der Waals surface area contributed by atoms with Crippen molar-refractivity contribution in [3.8, 4) is 28.3 Å². The molecule has 1 aromatic heterocycles. The van der Waals surface area contributed by atoms with Gasteiger partial charge in [0.05, 0.1) is 10.6 Å². The van der Waals surface area contributed by atoms with E-state index >= 15 is 0 Å². The second-order valence-corrected chi connectivity index (χ2v) is 11.8. The Morgan fingerprint density at radius 2 is 1.50 bits per heavy atom. The first-order valence-corrected chi connectivity index (χ1v) is 15.0. The van der Waals surface area contributed by atoms with Crippen molar-refractivity contribution in [2.24, 2.45) is 5.10 Å². The topological polar surface area (TPSA) is 105 Å². The van der Waals surface area contributed by atoms with E-state index in [4.69, 9.17) is 9.40 Å². The standard InChI is InChI=1S/C31H27N3O4S2/c1-21-13-16-25(17-14-21)40(36,37)34-33-27(26-18-15-22(2)19-28(26)35)20-39-31-32-29(23-9-5-3-6-10-23)30(38-31)24-11-7-4-8-12-24/h3-19,34-35H,20H2,1-2H3/b33-27-. The number of oxazole rings is 1. The number of thioether (sulfide) groups is 1. The molecule has 202 valence electrons. The summed E-state index contributed by atoms with van der Waals surface area (Å²) in [5.74, 6) is 0.804. The van der Waals surface area contributed by atoms with Crippen molar-refractivity contribution in [1.82, 2.24) is 9.82 Å². The number of sulfonamides is 1. The Bertz CT molecular complexity index is 1690. The average molecular weight is 570 g/mol. The van der Waals surface area contributed by atoms with Crippen LogP contribution in [0.3, 0.4) is 0 Å². The summed E-state index contributed by atoms with van der Waals surface area (Å²) < 4.78 is 32.1. The van der Waals surface area contributed by atoms with Crippen molar-refractivity contribution in [3.05, 3.63) is 120 Å². The number of aryl methyl sites for hydroxylation is 2. The predicted octanol–water partition coefficient (Wildman–Crippen LogP) is 6.81. The van der Waals surface area contributed by atoms with Gasteiger partial charge >= 0.3 is 0 Å². The number of rotatable bonds is 9. The highest BCUT2D eigenvalue weighted by atomic mass is 32.2. The summed E-state index contributed by atoms with van der Waals surface area (Å²) in [6.07, 6.45) is 0. The zero-order valence-electron chi connectivity index (χ0n) is 21.9. The summed E-state index contributed by atoms with van der Waals surface area (Å²) in [5, 5.41) is 15.3. The smallest absolute Gasteiger partial charge is 0.276 e. The van der Waals surface area contributed by atoms with Crippen LogP contribution in [0, 0.1) is 13.8 Å². The fourth-order valence-electron chi connectivity index (χ4n) is 4.01. The van der Waals surface area contributed by atoms with Crippen molar-refractivity contribution < 1.29 is 17.9 Å². The molecule has 0 saturated heterocycles. The molecule has 0 unspecified atom stereocenters. The molecular formula is C31H27N3O4S2. The van der Waals surface area contributed by atoms with Crippen LogP contribution in [-0.4, -0.2) is 30.0 Å². The minimum Gasteiger partial charge on any atom is -0.507 e. The van der Waals surface area contributed by atoms with Gasteiger partial charge < -0.3 is 9.52 Å². The summed E-state index contributed by atoms with van der Waals surface area (Å²) in [6.45, 7) is 3.74. The van der Waals surface area contributed by atoms with E-state index in [9.17, 15) is 13.5 Å². The zero-order valence-corrected chi connectivity index (χ0v) is 23.5. The minimum atomic E-state index is -3.93. The van der Waals surface area contributed by atoms with Crippen LogP contribution in [0.25, 0.3) is 22.6 Å². The van der Waals surface area contributed by atoms with Crippen LogP contribution in [0.2, 0.25) is 0 Å². The summed E-state index contributed by atoms with van der Waals surface area (Å²) in [6, 6.07) is 31.1. The zero-order chi connectivity index (χ0) is 28.1. The van der Waals surface area contributed by atoms with Gasteiger partial charge in [-0.25, -0.2) is 4.98 Å². The third-order valence-electron chi connectivity index (χ3n) is 6.12. The van der Waals surface area contributed by atoms with Gasteiger partial charge in [-0.05, 0) is 43.7 Å². The highest BCUT2D eigenvalue weighted by Crippen LogP contribution is 2.36. The number of hydrogen-bond donors (Lipinski definition) is 2. The number of hydrogen-bond acceptors (Lipinski definition) is 7. The van der Waals surface area contributed by atoms with E-state index < -0.39 is 10.0 Å². The van der Waals surface area contributed by atoms with Crippen LogP contribution in [0.15, 0.2) is 123 Å². The molecule has 0 atom stereocenters. The first-order chi connectivity index (χ1) is 19.3. The van der Waals surface area contributed by atoms with E-state index in [1.807, 2.05) is 80.6 Å². The van der Waals surface area contributed by atoms with E-state index in [0.29, 0.717) is 28.0 Å². The number of nitrogens with one attached hydrogen (secondary N) is 1. The van der Waals surface area contributed by atoms with Gasteiger partial charge in [-0.15, -0.1) is 0 Å². The van der Waals surface area contributed by atoms with Crippen LogP contribution in [0.4, 0.5) is 0 Å². The molecule has 0 aliphatic rings. The Morgan fingerprint density at radius 1 is 0.875 bits per heavy atom. The van der Waals surface area contributed by atoms with Crippen molar-refractivity contribution in [1.29, 1.82) is 0 Å². The predicted molar refractivity (Wildman–Crippen MR) is 159 cm³/mol. The maximum atomic E-state index is 12.9. The van der Waals surface area contributed by atoms with E-state index in [1.165, 1.54) is 23.9 Å². The Kier molecular flexibility index (Phi) is 8.04. The molecule has 5 rings (SSSR count). The summed E-state index contributed by atoms with van der Waals surface area (Å²) >= 11 is 1.25. The number of aromatic hydroxyl groups is 1. The SMILES string of the molecule is Cc1ccc(S(=O)(=O)N/N=C(/CSc2nc(-c3ccccc3)c(-c3ccccc3)o2)c2ccc(C)cc2O)cc1. The third-order valence-corrected chi connectivity index (χ3v) is 8.18. The van der Waals surface area contributed by atoms with Gasteiger partial charge in [0.1, 0.15) is 11.4 Å². The van der Waals surface area contributed by atoms with Crippen LogP contribution < -0.4 is 4.83 Å². The second-order valence-electron chi connectivity index (χ2n) is 9.17. The van der Waals surface area contributed by atoms with Gasteiger partial charge in [0, 0.05) is 22.4 Å². The summed E-state index contributed by atoms with van der Waals surface area (Å²) in [7, 11) is -3.93. The maximum absolute atomic E-state index is 12.9. The summed E-state index contributed by atoms with van der Waals surface area (Å²) in [4.78, 5) is 7.18. The molecule has 7 nitrogen and oxygen atoms in total. The highest BCUT2D eigenvalue weighted by molar-refractivity contribution is 7.99. The monoisotopic (exact) mass is 569 g/mol. The number of hydrazone groups is 1. The quantitative estimate of drug-likeness (QED) is 0.115. The second kappa shape index (κ2) is 11.8.